The van der Waals surface area contributed by atoms with Crippen LogP contribution in [0.5, 0.6) is 0 Å². The van der Waals surface area contributed by atoms with Crippen molar-refractivity contribution < 1.29 is 49.3 Å². The highest BCUT2D eigenvalue weighted by molar-refractivity contribution is 5.80. The van der Waals surface area contributed by atoms with E-state index >= 15 is 0 Å². The number of hydrogen-bond acceptors (Lipinski definition) is 10. The number of esters is 1. The van der Waals surface area contributed by atoms with E-state index < -0.39 is 67.4 Å². The average molecular weight is 1060 g/mol. The Morgan fingerprint density at radius 1 is 0.520 bits per heavy atom. The molecule has 8 atom stereocenters. The maximum Gasteiger partial charge on any atom is 0.306 e. The molecule has 0 aliphatic carbocycles. The first kappa shape index (κ1) is 70.4. The van der Waals surface area contributed by atoms with Crippen molar-refractivity contribution in [2.75, 3.05) is 13.2 Å². The summed E-state index contributed by atoms with van der Waals surface area (Å²) in [6, 6.07) is -1.03. The van der Waals surface area contributed by atoms with Crippen LogP contribution < -0.4 is 5.32 Å². The van der Waals surface area contributed by atoms with E-state index in [1.54, 1.807) is 6.08 Å². The molecule has 0 saturated carbocycles. The first-order valence-corrected chi connectivity index (χ1v) is 31.1. The second-order valence-electron chi connectivity index (χ2n) is 21.4. The van der Waals surface area contributed by atoms with Gasteiger partial charge in [-0.2, -0.15) is 0 Å². The summed E-state index contributed by atoms with van der Waals surface area (Å²) in [6.07, 6.45) is 54.1. The van der Waals surface area contributed by atoms with Gasteiger partial charge in [-0.05, 0) is 70.6 Å². The second kappa shape index (κ2) is 52.1. The van der Waals surface area contributed by atoms with Crippen molar-refractivity contribution in [3.8, 4) is 0 Å². The van der Waals surface area contributed by atoms with E-state index in [2.05, 4.69) is 74.7 Å². The molecule has 1 fully saturated rings. The number of ether oxygens (including phenoxy) is 3. The number of hydrogen-bond donors (Lipinski definition) is 6. The molecule has 1 amide bonds. The van der Waals surface area contributed by atoms with Gasteiger partial charge >= 0.3 is 5.97 Å². The monoisotopic (exact) mass is 1060 g/mol. The number of unbranched alkanes of at least 4 members (excludes halogenated alkanes) is 30. The summed E-state index contributed by atoms with van der Waals surface area (Å²) in [4.78, 5) is 26.5. The molecule has 1 aliphatic heterocycles. The fraction of sp³-hybridized carbons (Fsp3) is 0.812. The van der Waals surface area contributed by atoms with Gasteiger partial charge in [-0.3, -0.25) is 9.59 Å². The predicted molar refractivity (Wildman–Crippen MR) is 310 cm³/mol. The van der Waals surface area contributed by atoms with E-state index in [-0.39, 0.29) is 19.4 Å². The molecular formula is C64H115NO10. The second-order valence-corrected chi connectivity index (χ2v) is 21.4. The number of nitrogens with one attached hydrogen (secondary N) is 1. The smallest absolute Gasteiger partial charge is 0.306 e. The highest BCUT2D eigenvalue weighted by atomic mass is 16.7. The van der Waals surface area contributed by atoms with E-state index in [1.807, 2.05) is 6.08 Å². The van der Waals surface area contributed by atoms with Gasteiger partial charge in [-0.15, -0.1) is 0 Å². The number of amides is 1. The molecule has 6 N–H and O–H groups in total. The molecule has 0 aromatic heterocycles. The molecule has 0 radical (unpaired) electrons. The van der Waals surface area contributed by atoms with Gasteiger partial charge in [0.05, 0.1) is 25.4 Å². The van der Waals surface area contributed by atoms with Crippen molar-refractivity contribution in [1.82, 2.24) is 5.32 Å². The average Bonchev–Trinajstić information content (AvgIpc) is 3.41. The zero-order valence-electron chi connectivity index (χ0n) is 48.2. The van der Waals surface area contributed by atoms with Gasteiger partial charge < -0.3 is 45.1 Å². The summed E-state index contributed by atoms with van der Waals surface area (Å²) in [6.45, 7) is 5.74. The van der Waals surface area contributed by atoms with Crippen molar-refractivity contribution in [1.29, 1.82) is 0 Å². The minimum absolute atomic E-state index is 0.124. The highest BCUT2D eigenvalue weighted by Crippen LogP contribution is 2.26. The van der Waals surface area contributed by atoms with Crippen LogP contribution in [0, 0.1) is 0 Å². The summed E-state index contributed by atoms with van der Waals surface area (Å²) >= 11 is 0. The molecule has 11 nitrogen and oxygen atoms in total. The molecule has 1 heterocycles. The Morgan fingerprint density at radius 2 is 0.920 bits per heavy atom. The van der Waals surface area contributed by atoms with Crippen LogP contribution in [0.4, 0.5) is 0 Å². The van der Waals surface area contributed by atoms with Gasteiger partial charge in [0.25, 0.3) is 0 Å². The molecule has 0 aromatic rings. The molecule has 0 bridgehead atoms. The lowest BCUT2D eigenvalue weighted by atomic mass is 9.99. The van der Waals surface area contributed by atoms with Crippen molar-refractivity contribution in [3.63, 3.8) is 0 Å². The van der Waals surface area contributed by atoms with Crippen LogP contribution in [-0.4, -0.2) is 99.6 Å². The van der Waals surface area contributed by atoms with Crippen molar-refractivity contribution in [2.45, 2.75) is 320 Å². The summed E-state index contributed by atoms with van der Waals surface area (Å²) in [5, 5.41) is 56.9. The molecule has 75 heavy (non-hydrogen) atoms. The van der Waals surface area contributed by atoms with Gasteiger partial charge in [0.1, 0.15) is 24.4 Å². The SMILES string of the molecule is CCCCC/C=C\C/C=C\C/C=C\C/C=C\CCCCCCCCCCC(O)C(=O)NC(COC1OC(CO)C(O)C(O)C1OC(=O)CCCCCCCCCCCCC)C(O)/C=C/CCCCCCCCCCC. The Kier molecular flexibility index (Phi) is 48.9. The molecular weight excluding hydrogens is 943 g/mol. The maximum absolute atomic E-state index is 13.4. The van der Waals surface area contributed by atoms with Crippen LogP contribution in [0.1, 0.15) is 271 Å². The van der Waals surface area contributed by atoms with E-state index in [1.165, 1.54) is 141 Å². The molecule has 0 spiro atoms. The topological polar surface area (TPSA) is 175 Å². The number of carbonyl (C=O) groups excluding carboxylic acids is 2. The quantitative estimate of drug-likeness (QED) is 0.0195. The van der Waals surface area contributed by atoms with Crippen LogP contribution >= 0.6 is 0 Å². The third-order valence-electron chi connectivity index (χ3n) is 14.4. The van der Waals surface area contributed by atoms with Gasteiger partial charge in [-0.25, -0.2) is 0 Å². The Balaban J connectivity index is 2.62. The molecule has 0 aromatic carbocycles. The Hall–Kier alpha value is -2.64. The first-order valence-electron chi connectivity index (χ1n) is 31.1. The zero-order valence-corrected chi connectivity index (χ0v) is 48.2. The lowest BCUT2D eigenvalue weighted by Gasteiger charge is -2.41. The highest BCUT2D eigenvalue weighted by Gasteiger charge is 2.47. The van der Waals surface area contributed by atoms with Crippen molar-refractivity contribution in [2.24, 2.45) is 0 Å². The standard InChI is InChI=1S/C64H115NO10/c1-4-7-10-13-16-19-22-23-24-25-26-27-28-29-30-31-32-33-34-37-39-42-45-48-51-57(68)63(72)65-55(56(67)50-47-44-41-38-35-20-17-14-11-8-5-2)54-73-64-62(61(71)60(70)58(53-66)74-64)75-59(69)52-49-46-43-40-36-21-18-15-12-9-6-3/h16,19,23-24,26-27,29-30,47,50,55-58,60-62,64,66-68,70-71H,4-15,17-18,20-22,25,28,31-46,48-49,51-54H2,1-3H3,(H,65,72)/b19-16-,24-23-,27-26-,30-29-,50-47+. The summed E-state index contributed by atoms with van der Waals surface area (Å²) in [5.41, 5.74) is 0. The number of carbonyl (C=O) groups is 2. The van der Waals surface area contributed by atoms with Gasteiger partial charge in [0, 0.05) is 6.42 Å². The van der Waals surface area contributed by atoms with Crippen LogP contribution in [0.2, 0.25) is 0 Å². The number of aliphatic hydroxyl groups excluding tert-OH is 5. The van der Waals surface area contributed by atoms with Crippen molar-refractivity contribution in [3.05, 3.63) is 60.8 Å². The zero-order chi connectivity index (χ0) is 54.7. The molecule has 8 unspecified atom stereocenters. The lowest BCUT2D eigenvalue weighted by molar-refractivity contribution is -0.305. The van der Waals surface area contributed by atoms with Crippen LogP contribution in [0.25, 0.3) is 0 Å². The Morgan fingerprint density at radius 3 is 1.40 bits per heavy atom. The third-order valence-corrected chi connectivity index (χ3v) is 14.4. The van der Waals surface area contributed by atoms with E-state index in [0.29, 0.717) is 12.8 Å². The van der Waals surface area contributed by atoms with E-state index in [4.69, 9.17) is 14.2 Å². The largest absolute Gasteiger partial charge is 0.454 e. The lowest BCUT2D eigenvalue weighted by Crippen LogP contribution is -2.61. The van der Waals surface area contributed by atoms with Gasteiger partial charge in [0.15, 0.2) is 12.4 Å². The summed E-state index contributed by atoms with van der Waals surface area (Å²) in [5.74, 6) is -1.20. The third kappa shape index (κ3) is 40.2. The number of allylic oxidation sites excluding steroid dienone is 9. The van der Waals surface area contributed by atoms with E-state index in [9.17, 15) is 35.1 Å². The molecule has 1 rings (SSSR count). The normalized spacial score (nSPS) is 19.6. The van der Waals surface area contributed by atoms with Crippen molar-refractivity contribution >= 4 is 11.9 Å². The predicted octanol–water partition coefficient (Wildman–Crippen LogP) is 14.6. The molecule has 11 heteroatoms. The molecule has 1 aliphatic rings. The van der Waals surface area contributed by atoms with Gasteiger partial charge in [-0.1, -0.05) is 255 Å². The van der Waals surface area contributed by atoms with Gasteiger partial charge in [0.2, 0.25) is 5.91 Å². The van der Waals surface area contributed by atoms with Crippen LogP contribution in [0.15, 0.2) is 60.8 Å². The van der Waals surface area contributed by atoms with E-state index in [0.717, 1.165) is 83.5 Å². The molecule has 1 saturated heterocycles. The Bertz CT molecular complexity index is 1450. The maximum atomic E-state index is 13.4. The minimum Gasteiger partial charge on any atom is -0.454 e. The van der Waals surface area contributed by atoms with Crippen LogP contribution in [0.3, 0.4) is 0 Å². The first-order chi connectivity index (χ1) is 36.7. The summed E-state index contributed by atoms with van der Waals surface area (Å²) < 4.78 is 17.6. The number of aliphatic hydroxyl groups is 5. The number of rotatable bonds is 52. The van der Waals surface area contributed by atoms with Crippen LogP contribution in [-0.2, 0) is 23.8 Å². The molecule has 436 valence electrons. The minimum atomic E-state index is -1.61. The summed E-state index contributed by atoms with van der Waals surface area (Å²) in [7, 11) is 0. The Labute approximate surface area is 458 Å². The fourth-order valence-electron chi connectivity index (χ4n) is 9.46. The fourth-order valence-corrected chi connectivity index (χ4v) is 9.46.